The van der Waals surface area contributed by atoms with Crippen molar-refractivity contribution < 1.29 is 16.8 Å². The Morgan fingerprint density at radius 2 is 1.91 bits per heavy atom. The first-order valence-corrected chi connectivity index (χ1v) is 10.5. The van der Waals surface area contributed by atoms with Gasteiger partial charge in [0.05, 0.1) is 4.90 Å². The minimum absolute atomic E-state index is 0.0689. The zero-order chi connectivity index (χ0) is 17.1. The Morgan fingerprint density at radius 1 is 1.26 bits per heavy atom. The molecule has 0 unspecified atom stereocenters. The smallest absolute Gasteiger partial charge is 0.211 e. The highest BCUT2D eigenvalue weighted by Gasteiger charge is 2.30. The van der Waals surface area contributed by atoms with E-state index < -0.39 is 20.0 Å². The number of sulfonamides is 2. The van der Waals surface area contributed by atoms with Gasteiger partial charge in [-0.15, -0.1) is 0 Å². The monoisotopic (exact) mass is 378 g/mol. The van der Waals surface area contributed by atoms with Gasteiger partial charge < -0.3 is 0 Å². The normalized spacial score (nSPS) is 20.3. The standard InChI is InChI=1S/C14H19ClN2O4S2/c1-2-22(18,19)16-10-12-4-3-9-17(11-12)23(20,21)14-7-5-13(15)6-8-14/h2,5-8,12,16H,1,3-4,9-11H2/t12-/m1/s1. The molecule has 0 saturated carbocycles. The van der Waals surface area contributed by atoms with Gasteiger partial charge in [-0.1, -0.05) is 18.2 Å². The predicted molar refractivity (Wildman–Crippen MR) is 90.1 cm³/mol. The van der Waals surface area contributed by atoms with E-state index in [0.29, 0.717) is 18.0 Å². The highest BCUT2D eigenvalue weighted by atomic mass is 35.5. The van der Waals surface area contributed by atoms with Crippen LogP contribution in [0, 0.1) is 5.92 Å². The third-order valence-electron chi connectivity index (χ3n) is 3.73. The van der Waals surface area contributed by atoms with Crippen molar-refractivity contribution in [3.8, 4) is 0 Å². The molecule has 1 fully saturated rings. The molecule has 9 heteroatoms. The summed E-state index contributed by atoms with van der Waals surface area (Å²) < 4.78 is 51.9. The summed E-state index contributed by atoms with van der Waals surface area (Å²) in [6.45, 7) is 4.13. The molecule has 128 valence electrons. The van der Waals surface area contributed by atoms with Gasteiger partial charge in [0, 0.05) is 30.1 Å². The van der Waals surface area contributed by atoms with Gasteiger partial charge >= 0.3 is 0 Å². The molecular weight excluding hydrogens is 360 g/mol. The van der Waals surface area contributed by atoms with Crippen LogP contribution in [0.1, 0.15) is 12.8 Å². The first-order valence-electron chi connectivity index (χ1n) is 7.12. The second kappa shape index (κ2) is 7.31. The van der Waals surface area contributed by atoms with Crippen LogP contribution in [-0.4, -0.2) is 40.8 Å². The highest BCUT2D eigenvalue weighted by Crippen LogP contribution is 2.24. The van der Waals surface area contributed by atoms with Crippen LogP contribution in [0.4, 0.5) is 0 Å². The van der Waals surface area contributed by atoms with Gasteiger partial charge in [0.25, 0.3) is 0 Å². The van der Waals surface area contributed by atoms with Crippen LogP contribution in [-0.2, 0) is 20.0 Å². The predicted octanol–water partition coefficient (Wildman–Crippen LogP) is 1.80. The largest absolute Gasteiger partial charge is 0.243 e. The van der Waals surface area contributed by atoms with Gasteiger partial charge in [0.15, 0.2) is 0 Å². The molecule has 0 radical (unpaired) electrons. The number of benzene rings is 1. The molecule has 23 heavy (non-hydrogen) atoms. The van der Waals surface area contributed by atoms with Crippen molar-refractivity contribution in [2.75, 3.05) is 19.6 Å². The van der Waals surface area contributed by atoms with Crippen LogP contribution >= 0.6 is 11.6 Å². The van der Waals surface area contributed by atoms with Gasteiger partial charge in [-0.3, -0.25) is 0 Å². The van der Waals surface area contributed by atoms with E-state index in [1.165, 1.54) is 28.6 Å². The summed E-state index contributed by atoms with van der Waals surface area (Å²) in [5, 5.41) is 1.32. The van der Waals surface area contributed by atoms with Crippen LogP contribution in [0.5, 0.6) is 0 Å². The second-order valence-corrected chi connectivity index (χ2v) is 9.47. The lowest BCUT2D eigenvalue weighted by Crippen LogP contribution is -2.43. The molecule has 0 aliphatic carbocycles. The Kier molecular flexibility index (Phi) is 5.85. The molecule has 0 aromatic heterocycles. The number of hydrogen-bond donors (Lipinski definition) is 1. The van der Waals surface area contributed by atoms with E-state index in [4.69, 9.17) is 11.6 Å². The minimum Gasteiger partial charge on any atom is -0.211 e. The average molecular weight is 379 g/mol. The fraction of sp³-hybridized carbons (Fsp3) is 0.429. The molecule has 1 heterocycles. The van der Waals surface area contributed by atoms with E-state index in [1.54, 1.807) is 0 Å². The van der Waals surface area contributed by atoms with Crippen LogP contribution in [0.15, 0.2) is 41.1 Å². The van der Waals surface area contributed by atoms with Crippen LogP contribution < -0.4 is 4.72 Å². The Bertz CT molecular complexity index is 760. The number of nitrogens with one attached hydrogen (secondary N) is 1. The number of nitrogens with zero attached hydrogens (tertiary/aromatic N) is 1. The molecule has 2 rings (SSSR count). The number of piperidine rings is 1. The molecule has 1 aliphatic heterocycles. The lowest BCUT2D eigenvalue weighted by atomic mass is 10.0. The third kappa shape index (κ3) is 4.77. The SMILES string of the molecule is C=CS(=O)(=O)NC[C@H]1CCCN(S(=O)(=O)c2ccc(Cl)cc2)C1. The lowest BCUT2D eigenvalue weighted by Gasteiger charge is -2.31. The summed E-state index contributed by atoms with van der Waals surface area (Å²) in [4.78, 5) is 0.189. The second-order valence-electron chi connectivity index (χ2n) is 5.39. The van der Waals surface area contributed by atoms with E-state index >= 15 is 0 Å². The molecule has 1 N–H and O–H groups in total. The van der Waals surface area contributed by atoms with Gasteiger partial charge in [0.2, 0.25) is 20.0 Å². The van der Waals surface area contributed by atoms with E-state index in [2.05, 4.69) is 11.3 Å². The van der Waals surface area contributed by atoms with Crippen molar-refractivity contribution >= 4 is 31.6 Å². The summed E-state index contributed by atoms with van der Waals surface area (Å²) in [7, 11) is -7.09. The molecule has 0 amide bonds. The maximum atomic E-state index is 12.6. The maximum absolute atomic E-state index is 12.6. The van der Waals surface area contributed by atoms with Gasteiger partial charge in [-0.25, -0.2) is 21.6 Å². The first-order chi connectivity index (χ1) is 10.7. The maximum Gasteiger partial charge on any atom is 0.243 e. The van der Waals surface area contributed by atoms with Crippen LogP contribution in [0.2, 0.25) is 5.02 Å². The highest BCUT2D eigenvalue weighted by molar-refractivity contribution is 7.92. The van der Waals surface area contributed by atoms with E-state index in [-0.39, 0.29) is 23.9 Å². The Hall–Kier alpha value is -0.930. The van der Waals surface area contributed by atoms with Crippen molar-refractivity contribution in [2.45, 2.75) is 17.7 Å². The van der Waals surface area contributed by atoms with Gasteiger partial charge in [0.1, 0.15) is 0 Å². The van der Waals surface area contributed by atoms with Gasteiger partial charge in [-0.2, -0.15) is 4.31 Å². The Balaban J connectivity index is 2.08. The molecule has 0 spiro atoms. The Labute approximate surface area is 142 Å². The molecule has 1 aromatic rings. The number of hydrogen-bond acceptors (Lipinski definition) is 4. The van der Waals surface area contributed by atoms with Crippen LogP contribution in [0.25, 0.3) is 0 Å². The van der Waals surface area contributed by atoms with Crippen molar-refractivity contribution in [3.05, 3.63) is 41.3 Å². The lowest BCUT2D eigenvalue weighted by molar-refractivity contribution is 0.267. The number of rotatable bonds is 6. The van der Waals surface area contributed by atoms with Gasteiger partial charge in [-0.05, 0) is 43.0 Å². The first kappa shape index (κ1) is 18.4. The Morgan fingerprint density at radius 3 is 2.52 bits per heavy atom. The molecule has 1 saturated heterocycles. The summed E-state index contributed by atoms with van der Waals surface area (Å²) in [5.41, 5.74) is 0. The molecule has 1 atom stereocenters. The van der Waals surface area contributed by atoms with E-state index in [0.717, 1.165) is 11.8 Å². The van der Waals surface area contributed by atoms with Crippen molar-refractivity contribution in [1.82, 2.24) is 9.03 Å². The van der Waals surface area contributed by atoms with E-state index in [9.17, 15) is 16.8 Å². The topological polar surface area (TPSA) is 83.6 Å². The third-order valence-corrected chi connectivity index (χ3v) is 6.86. The minimum atomic E-state index is -3.59. The van der Waals surface area contributed by atoms with Crippen molar-refractivity contribution in [1.29, 1.82) is 0 Å². The zero-order valence-corrected chi connectivity index (χ0v) is 14.9. The summed E-state index contributed by atoms with van der Waals surface area (Å²) in [5.74, 6) is -0.0689. The quantitative estimate of drug-likeness (QED) is 0.818. The molecule has 1 aromatic carbocycles. The van der Waals surface area contributed by atoms with Crippen molar-refractivity contribution in [3.63, 3.8) is 0 Å². The summed E-state index contributed by atoms with van der Waals surface area (Å²) >= 11 is 5.79. The van der Waals surface area contributed by atoms with Crippen LogP contribution in [0.3, 0.4) is 0 Å². The fourth-order valence-corrected chi connectivity index (χ4v) is 4.73. The summed E-state index contributed by atoms with van der Waals surface area (Å²) in [6, 6.07) is 6.02. The van der Waals surface area contributed by atoms with Crippen molar-refractivity contribution in [2.24, 2.45) is 5.92 Å². The average Bonchev–Trinajstić information content (AvgIpc) is 2.54. The fourth-order valence-electron chi connectivity index (χ4n) is 2.46. The molecule has 0 bridgehead atoms. The molecular formula is C14H19ClN2O4S2. The summed E-state index contributed by atoms with van der Waals surface area (Å²) in [6.07, 6.45) is 1.46. The molecule has 6 nitrogen and oxygen atoms in total. The molecule has 1 aliphatic rings. The number of halogens is 1. The zero-order valence-electron chi connectivity index (χ0n) is 12.5. The van der Waals surface area contributed by atoms with E-state index in [1.807, 2.05) is 0 Å².